The summed E-state index contributed by atoms with van der Waals surface area (Å²) in [6, 6.07) is 10.0. The maximum absolute atomic E-state index is 11.6. The molecule has 0 saturated heterocycles. The lowest BCUT2D eigenvalue weighted by molar-refractivity contribution is 0.0529. The molecule has 0 spiro atoms. The van der Waals surface area contributed by atoms with Gasteiger partial charge in [-0.2, -0.15) is 0 Å². The van der Waals surface area contributed by atoms with Crippen LogP contribution >= 0.6 is 24.0 Å². The molecule has 0 unspecified atom stereocenters. The number of ether oxygens (including phenoxy) is 1. The van der Waals surface area contributed by atoms with Crippen molar-refractivity contribution in [1.29, 1.82) is 0 Å². The summed E-state index contributed by atoms with van der Waals surface area (Å²) in [5.41, 5.74) is 0.402. The fraction of sp³-hybridized carbons (Fsp3) is 0.500. The number of halogens is 1. The molecule has 0 aliphatic heterocycles. The van der Waals surface area contributed by atoms with Gasteiger partial charge in [0.2, 0.25) is 0 Å². The van der Waals surface area contributed by atoms with Gasteiger partial charge < -0.3 is 25.1 Å². The van der Waals surface area contributed by atoms with Crippen molar-refractivity contribution in [2.75, 3.05) is 26.2 Å². The van der Waals surface area contributed by atoms with Crippen LogP contribution in [-0.4, -0.2) is 43.8 Å². The van der Waals surface area contributed by atoms with Gasteiger partial charge in [-0.25, -0.2) is 4.79 Å². The van der Waals surface area contributed by atoms with E-state index in [2.05, 4.69) is 27.0 Å². The summed E-state index contributed by atoms with van der Waals surface area (Å²) in [5, 5.41) is 10.2. The van der Waals surface area contributed by atoms with Gasteiger partial charge in [0.1, 0.15) is 16.9 Å². The van der Waals surface area contributed by atoms with E-state index in [9.17, 15) is 4.79 Å². The smallest absolute Gasteiger partial charge is 0.407 e. The first-order valence-corrected chi connectivity index (χ1v) is 9.34. The summed E-state index contributed by atoms with van der Waals surface area (Å²) >= 11 is 0. The maximum Gasteiger partial charge on any atom is 0.407 e. The predicted octanol–water partition coefficient (Wildman–Crippen LogP) is 3.67. The van der Waals surface area contributed by atoms with Gasteiger partial charge in [-0.15, -0.1) is 24.0 Å². The molecule has 156 valence electrons. The van der Waals surface area contributed by atoms with Gasteiger partial charge in [-0.1, -0.05) is 18.2 Å². The lowest BCUT2D eigenvalue weighted by Gasteiger charge is -2.19. The van der Waals surface area contributed by atoms with Gasteiger partial charge in [-0.3, -0.25) is 4.99 Å². The molecule has 2 aromatic rings. The third kappa shape index (κ3) is 8.81. The number of alkyl carbamates (subject to hydrolysis) is 1. The molecule has 1 amide bonds. The Morgan fingerprint density at radius 3 is 2.54 bits per heavy atom. The summed E-state index contributed by atoms with van der Waals surface area (Å²) in [6.45, 7) is 9.88. The highest BCUT2D eigenvalue weighted by atomic mass is 127. The molecule has 28 heavy (non-hydrogen) atoms. The Kier molecular flexibility index (Phi) is 10.1. The van der Waals surface area contributed by atoms with Crippen LogP contribution in [0.1, 0.15) is 33.5 Å². The maximum atomic E-state index is 11.6. The lowest BCUT2D eigenvalue weighted by Crippen LogP contribution is -2.42. The zero-order chi connectivity index (χ0) is 19.7. The molecule has 8 heteroatoms. The summed E-state index contributed by atoms with van der Waals surface area (Å²) in [4.78, 5) is 16.2. The minimum absolute atomic E-state index is 0. The second-order valence-corrected chi connectivity index (χ2v) is 7.12. The minimum atomic E-state index is -0.495. The number of para-hydroxylation sites is 1. The fourth-order valence-electron chi connectivity index (χ4n) is 2.44. The fourth-order valence-corrected chi connectivity index (χ4v) is 2.44. The molecular weight excluding hydrogens is 471 g/mol. The van der Waals surface area contributed by atoms with E-state index in [-0.39, 0.29) is 24.0 Å². The Morgan fingerprint density at radius 1 is 1.14 bits per heavy atom. The van der Waals surface area contributed by atoms with Crippen LogP contribution in [0, 0.1) is 0 Å². The van der Waals surface area contributed by atoms with Gasteiger partial charge in [0.25, 0.3) is 0 Å². The third-order valence-electron chi connectivity index (χ3n) is 3.53. The highest BCUT2D eigenvalue weighted by molar-refractivity contribution is 14.0. The average Bonchev–Trinajstić information content (AvgIpc) is 2.99. The summed E-state index contributed by atoms with van der Waals surface area (Å²) in [6.07, 6.45) is 0.303. The second-order valence-electron chi connectivity index (χ2n) is 7.12. The molecule has 1 heterocycles. The first kappa shape index (κ1) is 24.1. The van der Waals surface area contributed by atoms with Crippen LogP contribution < -0.4 is 16.0 Å². The van der Waals surface area contributed by atoms with E-state index >= 15 is 0 Å². The van der Waals surface area contributed by atoms with Crippen molar-refractivity contribution < 1.29 is 13.9 Å². The Balaban J connectivity index is 0.00000392. The molecule has 1 aromatic carbocycles. The zero-order valence-electron chi connectivity index (χ0n) is 17.0. The van der Waals surface area contributed by atoms with Crippen LogP contribution in [0.25, 0.3) is 11.0 Å². The van der Waals surface area contributed by atoms with E-state index in [4.69, 9.17) is 9.15 Å². The van der Waals surface area contributed by atoms with E-state index in [0.717, 1.165) is 29.7 Å². The molecule has 7 nitrogen and oxygen atoms in total. The van der Waals surface area contributed by atoms with Crippen molar-refractivity contribution in [3.8, 4) is 0 Å². The molecular formula is C20H31IN4O3. The van der Waals surface area contributed by atoms with Crippen LogP contribution in [0.4, 0.5) is 4.79 Å². The van der Waals surface area contributed by atoms with Crippen LogP contribution in [0.5, 0.6) is 0 Å². The predicted molar refractivity (Wildman–Crippen MR) is 124 cm³/mol. The normalized spacial score (nSPS) is 11.6. The quantitative estimate of drug-likeness (QED) is 0.233. The van der Waals surface area contributed by atoms with Gasteiger partial charge in [0.15, 0.2) is 5.96 Å². The Hall–Kier alpha value is -1.97. The van der Waals surface area contributed by atoms with Crippen molar-refractivity contribution in [3.63, 3.8) is 0 Å². The molecule has 0 atom stereocenters. The number of aliphatic imine (C=N–C) groups is 1. The Bertz CT molecular complexity index is 735. The number of hydrogen-bond donors (Lipinski definition) is 3. The number of nitrogens with one attached hydrogen (secondary N) is 3. The van der Waals surface area contributed by atoms with E-state index in [0.29, 0.717) is 25.6 Å². The van der Waals surface area contributed by atoms with Crippen molar-refractivity contribution in [2.24, 2.45) is 4.99 Å². The Morgan fingerprint density at radius 2 is 1.86 bits per heavy atom. The number of guanidine groups is 1. The molecule has 0 aliphatic rings. The SMILES string of the molecule is CCNC(=NCCc1cc2ccccc2o1)NCCNC(=O)OC(C)(C)C.I. The molecule has 3 N–H and O–H groups in total. The van der Waals surface area contributed by atoms with Crippen LogP contribution in [0.15, 0.2) is 39.7 Å². The summed E-state index contributed by atoms with van der Waals surface area (Å²) in [7, 11) is 0. The molecule has 0 aliphatic carbocycles. The van der Waals surface area contributed by atoms with Crippen molar-refractivity contribution in [3.05, 3.63) is 36.1 Å². The standard InChI is InChI=1S/C20H30N4O3.HI/c1-5-21-18(23-12-13-24-19(25)27-20(2,3)4)22-11-10-16-14-15-8-6-7-9-17(15)26-16;/h6-9,14H,5,10-13H2,1-4H3,(H,24,25)(H2,21,22,23);1H. The number of carbonyl (C=O) groups is 1. The molecule has 1 aromatic heterocycles. The van der Waals surface area contributed by atoms with Crippen molar-refractivity contribution in [1.82, 2.24) is 16.0 Å². The van der Waals surface area contributed by atoms with E-state index < -0.39 is 11.7 Å². The second kappa shape index (κ2) is 11.8. The molecule has 0 radical (unpaired) electrons. The van der Waals surface area contributed by atoms with Crippen LogP contribution in [-0.2, 0) is 11.2 Å². The first-order valence-electron chi connectivity index (χ1n) is 9.34. The first-order chi connectivity index (χ1) is 12.9. The van der Waals surface area contributed by atoms with Crippen molar-refractivity contribution >= 4 is 47.0 Å². The average molecular weight is 502 g/mol. The van der Waals surface area contributed by atoms with E-state index in [1.807, 2.05) is 52.0 Å². The van der Waals surface area contributed by atoms with Crippen molar-refractivity contribution in [2.45, 2.75) is 39.7 Å². The topological polar surface area (TPSA) is 87.9 Å². The number of fused-ring (bicyclic) bond motifs is 1. The minimum Gasteiger partial charge on any atom is -0.461 e. The molecule has 2 rings (SSSR count). The number of carbonyl (C=O) groups excluding carboxylic acids is 1. The number of nitrogens with zero attached hydrogens (tertiary/aromatic N) is 1. The highest BCUT2D eigenvalue weighted by Gasteiger charge is 2.15. The van der Waals surface area contributed by atoms with Gasteiger partial charge in [-0.05, 0) is 39.8 Å². The summed E-state index contributed by atoms with van der Waals surface area (Å²) in [5.74, 6) is 1.63. The summed E-state index contributed by atoms with van der Waals surface area (Å²) < 4.78 is 11.0. The zero-order valence-corrected chi connectivity index (χ0v) is 19.3. The largest absolute Gasteiger partial charge is 0.461 e. The molecule has 0 fully saturated rings. The monoisotopic (exact) mass is 502 g/mol. The van der Waals surface area contributed by atoms with Gasteiger partial charge >= 0.3 is 6.09 Å². The number of amides is 1. The molecule has 0 saturated carbocycles. The highest BCUT2D eigenvalue weighted by Crippen LogP contribution is 2.18. The Labute approximate surface area is 183 Å². The lowest BCUT2D eigenvalue weighted by atomic mass is 10.2. The number of benzene rings is 1. The van der Waals surface area contributed by atoms with Gasteiger partial charge in [0, 0.05) is 38.0 Å². The molecule has 0 bridgehead atoms. The van der Waals surface area contributed by atoms with E-state index in [1.165, 1.54) is 0 Å². The third-order valence-corrected chi connectivity index (χ3v) is 3.53. The number of rotatable bonds is 7. The van der Waals surface area contributed by atoms with Gasteiger partial charge in [0.05, 0.1) is 0 Å². The van der Waals surface area contributed by atoms with Crippen LogP contribution in [0.3, 0.4) is 0 Å². The van der Waals surface area contributed by atoms with Crippen LogP contribution in [0.2, 0.25) is 0 Å². The number of furan rings is 1. The van der Waals surface area contributed by atoms with E-state index in [1.54, 1.807) is 0 Å². The number of hydrogen-bond acceptors (Lipinski definition) is 4.